The van der Waals surface area contributed by atoms with Gasteiger partial charge in [0.1, 0.15) is 5.75 Å². The maximum absolute atomic E-state index is 12.4. The molecule has 7 nitrogen and oxygen atoms in total. The molecule has 0 bridgehead atoms. The quantitative estimate of drug-likeness (QED) is 0.176. The molecule has 3 unspecified atom stereocenters. The fourth-order valence-electron chi connectivity index (χ4n) is 10.6. The van der Waals surface area contributed by atoms with Gasteiger partial charge in [0.2, 0.25) is 0 Å². The minimum Gasteiger partial charge on any atom is -0.434 e. The van der Waals surface area contributed by atoms with E-state index in [2.05, 4.69) is 20.8 Å². The molecule has 5 aliphatic carbocycles. The van der Waals surface area contributed by atoms with Crippen LogP contribution in [0.4, 0.5) is 10.5 Å². The third kappa shape index (κ3) is 3.59. The number of benzene rings is 1. The predicted molar refractivity (Wildman–Crippen MR) is 138 cm³/mol. The summed E-state index contributed by atoms with van der Waals surface area (Å²) in [6.45, 7) is 7.67. The van der Waals surface area contributed by atoms with Gasteiger partial charge in [0.05, 0.1) is 17.6 Å². The molecule has 6 rings (SSSR count). The van der Waals surface area contributed by atoms with Crippen LogP contribution in [0.25, 0.3) is 0 Å². The van der Waals surface area contributed by atoms with Crippen molar-refractivity contribution in [2.45, 2.75) is 78.2 Å². The summed E-state index contributed by atoms with van der Waals surface area (Å²) in [5, 5.41) is 10.8. The smallest absolute Gasteiger partial charge is 0.434 e. The van der Waals surface area contributed by atoms with E-state index in [1.807, 2.05) is 7.11 Å². The van der Waals surface area contributed by atoms with Crippen LogP contribution < -0.4 is 4.74 Å². The summed E-state index contributed by atoms with van der Waals surface area (Å²) in [6.07, 6.45) is 10.1. The first kappa shape index (κ1) is 25.1. The third-order valence-corrected chi connectivity index (χ3v) is 12.3. The van der Waals surface area contributed by atoms with Crippen LogP contribution in [0.15, 0.2) is 24.3 Å². The van der Waals surface area contributed by atoms with Gasteiger partial charge in [-0.2, -0.15) is 0 Å². The molecule has 1 aromatic carbocycles. The molecule has 0 saturated heterocycles. The lowest BCUT2D eigenvalue weighted by Gasteiger charge is -2.61. The molecule has 7 heteroatoms. The Bertz CT molecular complexity index is 1070. The van der Waals surface area contributed by atoms with Gasteiger partial charge in [-0.15, -0.1) is 0 Å². The molecule has 0 N–H and O–H groups in total. The topological polar surface area (TPSA) is 87.9 Å². The number of nitro benzene ring substituents is 1. The Morgan fingerprint density at radius 2 is 1.86 bits per heavy atom. The first-order valence-electron chi connectivity index (χ1n) is 14.3. The van der Waals surface area contributed by atoms with Crippen LogP contribution in [-0.4, -0.2) is 30.9 Å². The van der Waals surface area contributed by atoms with Crippen LogP contribution in [0.1, 0.15) is 72.1 Å². The zero-order valence-electron chi connectivity index (χ0n) is 22.6. The second-order valence-electron chi connectivity index (χ2n) is 13.4. The molecule has 1 aromatic rings. The number of nitrogens with zero attached hydrogens (tertiary/aromatic N) is 1. The lowest BCUT2D eigenvalue weighted by atomic mass is 9.45. The molecule has 202 valence electrons. The number of carbonyl (C=O) groups is 1. The van der Waals surface area contributed by atoms with Gasteiger partial charge in [-0.25, -0.2) is 4.79 Å². The van der Waals surface area contributed by atoms with E-state index in [0.29, 0.717) is 29.5 Å². The minimum atomic E-state index is -0.752. The van der Waals surface area contributed by atoms with Crippen LogP contribution in [-0.2, 0) is 9.47 Å². The fraction of sp³-hybridized carbons (Fsp3) is 0.767. The van der Waals surface area contributed by atoms with Gasteiger partial charge in [0.25, 0.3) is 5.69 Å². The van der Waals surface area contributed by atoms with Gasteiger partial charge in [-0.3, -0.25) is 10.1 Å². The van der Waals surface area contributed by atoms with Crippen molar-refractivity contribution in [3.63, 3.8) is 0 Å². The van der Waals surface area contributed by atoms with Crippen molar-refractivity contribution in [3.05, 3.63) is 34.4 Å². The Morgan fingerprint density at radius 3 is 2.54 bits per heavy atom. The fourth-order valence-corrected chi connectivity index (χ4v) is 10.6. The molecule has 0 aliphatic heterocycles. The molecule has 5 saturated carbocycles. The second kappa shape index (κ2) is 8.69. The first-order valence-corrected chi connectivity index (χ1v) is 14.3. The predicted octanol–water partition coefficient (Wildman–Crippen LogP) is 7.03. The summed E-state index contributed by atoms with van der Waals surface area (Å²) in [5.74, 6) is 4.20. The summed E-state index contributed by atoms with van der Waals surface area (Å²) in [5.41, 5.74) is 1.13. The van der Waals surface area contributed by atoms with Crippen molar-refractivity contribution in [1.82, 2.24) is 0 Å². The lowest BCUT2D eigenvalue weighted by Crippen LogP contribution is -2.57. The van der Waals surface area contributed by atoms with E-state index in [4.69, 9.17) is 14.2 Å². The number of non-ortho nitro benzene ring substituents is 1. The molecule has 10 atom stereocenters. The van der Waals surface area contributed by atoms with Crippen molar-refractivity contribution < 1.29 is 23.9 Å². The van der Waals surface area contributed by atoms with Gasteiger partial charge < -0.3 is 14.2 Å². The highest BCUT2D eigenvalue weighted by molar-refractivity contribution is 5.64. The summed E-state index contributed by atoms with van der Waals surface area (Å²) in [6, 6.07) is 5.47. The summed E-state index contributed by atoms with van der Waals surface area (Å²) in [4.78, 5) is 22.7. The van der Waals surface area contributed by atoms with Crippen LogP contribution in [0.3, 0.4) is 0 Å². The Kier molecular flexibility index (Phi) is 5.90. The number of hydrogen-bond acceptors (Lipinski definition) is 6. The largest absolute Gasteiger partial charge is 0.513 e. The van der Waals surface area contributed by atoms with Crippen LogP contribution >= 0.6 is 0 Å². The minimum absolute atomic E-state index is 0.0445. The molecular weight excluding hydrogens is 470 g/mol. The first-order chi connectivity index (χ1) is 17.6. The zero-order valence-corrected chi connectivity index (χ0v) is 22.6. The number of methoxy groups -OCH3 is 1. The molecule has 5 fully saturated rings. The van der Waals surface area contributed by atoms with E-state index in [0.717, 1.165) is 23.7 Å². The Hall–Kier alpha value is -2.15. The number of ether oxygens (including phenoxy) is 3. The Labute approximate surface area is 219 Å². The standard InChI is InChI=1S/C30H41NO6/c1-18(17-36-27(32)37-21-7-5-20(6-8-21)31(33)34)23-9-10-24-22-15-26(35-4)30-16-19(30)11-14-29(30,3)25(22)12-13-28(23,24)2/h5-8,18-19,22-26H,9-17H2,1-4H3/t18-,19?,22+,23-,24+,25+,26?,28-,29-,30?/m1/s1. The number of hydrogen-bond donors (Lipinski definition) is 0. The highest BCUT2D eigenvalue weighted by Gasteiger charge is 2.77. The molecule has 1 spiro atoms. The number of nitro groups is 1. The molecule has 0 heterocycles. The van der Waals surface area contributed by atoms with Crippen molar-refractivity contribution in [2.75, 3.05) is 13.7 Å². The van der Waals surface area contributed by atoms with Gasteiger partial charge in [0.15, 0.2) is 0 Å². The highest BCUT2D eigenvalue weighted by Crippen LogP contribution is 2.82. The van der Waals surface area contributed by atoms with E-state index in [-0.39, 0.29) is 22.8 Å². The highest BCUT2D eigenvalue weighted by atomic mass is 16.7. The molecular formula is C30H41NO6. The normalized spacial score (nSPS) is 44.1. The van der Waals surface area contributed by atoms with Gasteiger partial charge in [-0.05, 0) is 110 Å². The van der Waals surface area contributed by atoms with Gasteiger partial charge in [0, 0.05) is 24.7 Å². The van der Waals surface area contributed by atoms with Gasteiger partial charge in [-0.1, -0.05) is 20.8 Å². The Morgan fingerprint density at radius 1 is 1.11 bits per heavy atom. The molecule has 0 aromatic heterocycles. The lowest BCUT2D eigenvalue weighted by molar-refractivity contribution is -0.384. The molecule has 0 radical (unpaired) electrons. The second-order valence-corrected chi connectivity index (χ2v) is 13.4. The number of fused-ring (bicyclic) bond motifs is 4. The van der Waals surface area contributed by atoms with Crippen molar-refractivity contribution >= 4 is 11.8 Å². The zero-order chi connectivity index (χ0) is 26.2. The van der Waals surface area contributed by atoms with Crippen molar-refractivity contribution in [2.24, 2.45) is 51.8 Å². The summed E-state index contributed by atoms with van der Waals surface area (Å²) >= 11 is 0. The van der Waals surface area contributed by atoms with Crippen molar-refractivity contribution in [3.8, 4) is 5.75 Å². The monoisotopic (exact) mass is 511 g/mol. The molecule has 5 aliphatic rings. The molecule has 0 amide bonds. The maximum Gasteiger partial charge on any atom is 0.513 e. The third-order valence-electron chi connectivity index (χ3n) is 12.3. The number of rotatable bonds is 6. The average Bonchev–Trinajstić information content (AvgIpc) is 3.38. The SMILES string of the molecule is COC1C[C@H]2[C@@H]3CC[C@H]([C@H](C)COC(=O)Oc4ccc([N+](=O)[O-])cc4)[C@@]3(C)CC[C@@H]2[C@@]2(C)CCC3CC312. The van der Waals surface area contributed by atoms with E-state index in [9.17, 15) is 14.9 Å². The maximum atomic E-state index is 12.4. The van der Waals surface area contributed by atoms with Crippen molar-refractivity contribution in [1.29, 1.82) is 0 Å². The van der Waals surface area contributed by atoms with Crippen LogP contribution in [0, 0.1) is 61.9 Å². The van der Waals surface area contributed by atoms with E-state index >= 15 is 0 Å². The van der Waals surface area contributed by atoms with Gasteiger partial charge >= 0.3 is 6.16 Å². The molecule has 37 heavy (non-hydrogen) atoms. The summed E-state index contributed by atoms with van der Waals surface area (Å²) < 4.78 is 17.0. The number of carbonyl (C=O) groups excluding carboxylic acids is 1. The van der Waals surface area contributed by atoms with Crippen LogP contribution in [0.2, 0.25) is 0 Å². The summed E-state index contributed by atoms with van der Waals surface area (Å²) in [7, 11) is 1.95. The Balaban J connectivity index is 1.10. The average molecular weight is 512 g/mol. The van der Waals surface area contributed by atoms with Crippen LogP contribution in [0.5, 0.6) is 5.75 Å². The van der Waals surface area contributed by atoms with E-state index < -0.39 is 11.1 Å². The van der Waals surface area contributed by atoms with E-state index in [1.54, 1.807) is 0 Å². The van der Waals surface area contributed by atoms with E-state index in [1.165, 1.54) is 75.6 Å².